The zero-order valence-corrected chi connectivity index (χ0v) is 17.9. The highest BCUT2D eigenvalue weighted by atomic mass is 79.9. The largest absolute Gasteiger partial charge is 0.489 e. The van der Waals surface area contributed by atoms with Crippen molar-refractivity contribution in [2.24, 2.45) is 0 Å². The fourth-order valence-electron chi connectivity index (χ4n) is 3.84. The van der Waals surface area contributed by atoms with Crippen LogP contribution < -0.4 is 10.1 Å². The Morgan fingerprint density at radius 1 is 0.933 bits per heavy atom. The van der Waals surface area contributed by atoms with Gasteiger partial charge in [0.2, 0.25) is 5.95 Å². The summed E-state index contributed by atoms with van der Waals surface area (Å²) in [7, 11) is 0. The molecule has 5 nitrogen and oxygen atoms in total. The molecule has 2 heterocycles. The number of aromatic nitrogens is 3. The van der Waals surface area contributed by atoms with Gasteiger partial charge in [-0.2, -0.15) is 10.1 Å². The maximum absolute atomic E-state index is 5.94. The van der Waals surface area contributed by atoms with Crippen molar-refractivity contribution in [3.8, 4) is 5.75 Å². The van der Waals surface area contributed by atoms with Crippen LogP contribution >= 0.6 is 15.9 Å². The van der Waals surface area contributed by atoms with Gasteiger partial charge in [0.1, 0.15) is 18.7 Å². The monoisotopic (exact) mass is 460 g/mol. The van der Waals surface area contributed by atoms with Crippen LogP contribution in [-0.2, 0) is 6.61 Å². The fourth-order valence-corrected chi connectivity index (χ4v) is 4.10. The fraction of sp³-hybridized carbons (Fsp3) is 0.167. The second-order valence-corrected chi connectivity index (χ2v) is 8.29. The van der Waals surface area contributed by atoms with Crippen molar-refractivity contribution in [1.82, 2.24) is 14.8 Å². The van der Waals surface area contributed by atoms with E-state index >= 15 is 0 Å². The summed E-state index contributed by atoms with van der Waals surface area (Å²) in [5.74, 6) is 1.66. The molecule has 0 fully saturated rings. The van der Waals surface area contributed by atoms with Crippen LogP contribution in [0.15, 0.2) is 89.7 Å². The molecule has 6 heteroatoms. The topological polar surface area (TPSA) is 52.0 Å². The van der Waals surface area contributed by atoms with E-state index in [2.05, 4.69) is 79.9 Å². The van der Waals surface area contributed by atoms with Gasteiger partial charge in [0, 0.05) is 4.47 Å². The van der Waals surface area contributed by atoms with Gasteiger partial charge in [-0.05, 0) is 47.4 Å². The zero-order valence-electron chi connectivity index (χ0n) is 16.3. The second-order valence-electron chi connectivity index (χ2n) is 7.37. The van der Waals surface area contributed by atoms with Gasteiger partial charge in [0.25, 0.3) is 0 Å². The normalized spacial score (nSPS) is 17.8. The zero-order chi connectivity index (χ0) is 20.3. The van der Waals surface area contributed by atoms with Gasteiger partial charge in [-0.25, -0.2) is 4.68 Å². The lowest BCUT2D eigenvalue weighted by atomic mass is 9.93. The molecule has 1 aliphatic rings. The molecule has 0 bridgehead atoms. The number of hydrogen-bond acceptors (Lipinski definition) is 4. The number of ether oxygens (including phenoxy) is 1. The summed E-state index contributed by atoms with van der Waals surface area (Å²) >= 11 is 3.51. The molecule has 0 amide bonds. The molecule has 0 radical (unpaired) electrons. The first-order valence-electron chi connectivity index (χ1n) is 9.94. The van der Waals surface area contributed by atoms with Gasteiger partial charge in [-0.1, -0.05) is 70.5 Å². The minimum absolute atomic E-state index is 0.112. The smallest absolute Gasteiger partial charge is 0.222 e. The summed E-state index contributed by atoms with van der Waals surface area (Å²) in [6.07, 6.45) is 2.50. The molecule has 0 spiro atoms. The minimum atomic E-state index is 0.112. The lowest BCUT2D eigenvalue weighted by Crippen LogP contribution is -2.28. The van der Waals surface area contributed by atoms with Crippen molar-refractivity contribution in [2.75, 3.05) is 5.32 Å². The Balaban J connectivity index is 1.35. The molecule has 5 rings (SSSR count). The van der Waals surface area contributed by atoms with E-state index in [4.69, 9.17) is 4.74 Å². The van der Waals surface area contributed by atoms with Crippen molar-refractivity contribution in [2.45, 2.75) is 25.1 Å². The molecule has 0 saturated carbocycles. The number of benzene rings is 3. The van der Waals surface area contributed by atoms with Crippen LogP contribution in [0.2, 0.25) is 0 Å². The third-order valence-corrected chi connectivity index (χ3v) is 5.94. The van der Waals surface area contributed by atoms with Crippen LogP contribution in [0.4, 0.5) is 5.95 Å². The first-order chi connectivity index (χ1) is 14.8. The highest BCUT2D eigenvalue weighted by Crippen LogP contribution is 2.37. The predicted octanol–water partition coefficient (Wildman–Crippen LogP) is 5.77. The predicted molar refractivity (Wildman–Crippen MR) is 120 cm³/mol. The van der Waals surface area contributed by atoms with Crippen molar-refractivity contribution in [3.63, 3.8) is 0 Å². The Kier molecular flexibility index (Phi) is 5.24. The number of fused-ring (bicyclic) bond motifs is 1. The molecular formula is C24H21BrN4O. The lowest BCUT2D eigenvalue weighted by molar-refractivity contribution is 0.306. The Hall–Kier alpha value is -3.12. The summed E-state index contributed by atoms with van der Waals surface area (Å²) in [5, 5.41) is 7.97. The van der Waals surface area contributed by atoms with Crippen molar-refractivity contribution in [3.05, 3.63) is 106 Å². The maximum atomic E-state index is 5.94. The first-order valence-corrected chi connectivity index (χ1v) is 10.7. The average molecular weight is 461 g/mol. The first kappa shape index (κ1) is 18.9. The quantitative estimate of drug-likeness (QED) is 0.410. The van der Waals surface area contributed by atoms with Crippen LogP contribution in [0.5, 0.6) is 5.75 Å². The van der Waals surface area contributed by atoms with Crippen LogP contribution in [0.1, 0.15) is 35.2 Å². The van der Waals surface area contributed by atoms with E-state index < -0.39 is 0 Å². The standard InChI is InChI=1S/C24H21BrN4O/c25-20-10-6-18(7-11-20)22-14-23(29-24(28-22)26-16-27-29)19-8-12-21(13-9-19)30-15-17-4-2-1-3-5-17/h1-13,16,22-23H,14-15H2,(H,26,27,28). The Morgan fingerprint density at radius 2 is 1.67 bits per heavy atom. The molecule has 0 aliphatic carbocycles. The van der Waals surface area contributed by atoms with Gasteiger partial charge in [0.15, 0.2) is 0 Å². The molecule has 2 unspecified atom stereocenters. The van der Waals surface area contributed by atoms with E-state index in [9.17, 15) is 0 Å². The van der Waals surface area contributed by atoms with Gasteiger partial charge in [0.05, 0.1) is 12.1 Å². The molecule has 4 aromatic rings. The van der Waals surface area contributed by atoms with Gasteiger partial charge in [-0.15, -0.1) is 0 Å². The SMILES string of the molecule is Brc1ccc(C2CC(c3ccc(OCc4ccccc4)cc3)n3ncnc3N2)cc1. The second kappa shape index (κ2) is 8.32. The van der Waals surface area contributed by atoms with Crippen LogP contribution in [0.3, 0.4) is 0 Å². The van der Waals surface area contributed by atoms with E-state index in [0.717, 1.165) is 28.2 Å². The van der Waals surface area contributed by atoms with E-state index in [-0.39, 0.29) is 12.1 Å². The van der Waals surface area contributed by atoms with Crippen molar-refractivity contribution in [1.29, 1.82) is 0 Å². The Labute approximate surface area is 183 Å². The molecule has 1 aromatic heterocycles. The van der Waals surface area contributed by atoms with E-state index in [1.54, 1.807) is 6.33 Å². The maximum Gasteiger partial charge on any atom is 0.222 e. The number of rotatable bonds is 5. The summed E-state index contributed by atoms with van der Waals surface area (Å²) in [6.45, 7) is 0.562. The summed E-state index contributed by atoms with van der Waals surface area (Å²) in [4.78, 5) is 4.41. The molecule has 1 N–H and O–H groups in total. The lowest BCUT2D eigenvalue weighted by Gasteiger charge is -2.32. The number of nitrogens with one attached hydrogen (secondary N) is 1. The van der Waals surface area contributed by atoms with Crippen LogP contribution in [0, 0.1) is 0 Å². The molecule has 3 aromatic carbocycles. The number of nitrogens with zero attached hydrogens (tertiary/aromatic N) is 3. The summed E-state index contributed by atoms with van der Waals surface area (Å²) < 4.78 is 8.98. The van der Waals surface area contributed by atoms with Crippen LogP contribution in [0.25, 0.3) is 0 Å². The molecule has 2 atom stereocenters. The number of halogens is 1. The molecule has 150 valence electrons. The van der Waals surface area contributed by atoms with Gasteiger partial charge >= 0.3 is 0 Å². The van der Waals surface area contributed by atoms with Crippen LogP contribution in [-0.4, -0.2) is 14.8 Å². The van der Waals surface area contributed by atoms with Crippen molar-refractivity contribution < 1.29 is 4.74 Å². The summed E-state index contributed by atoms with van der Waals surface area (Å²) in [6, 6.07) is 27.2. The Bertz CT molecular complexity index is 1110. The number of anilines is 1. The van der Waals surface area contributed by atoms with E-state index in [0.29, 0.717) is 6.61 Å². The molecular weight excluding hydrogens is 440 g/mol. The van der Waals surface area contributed by atoms with E-state index in [1.165, 1.54) is 11.1 Å². The highest BCUT2D eigenvalue weighted by Gasteiger charge is 2.29. The van der Waals surface area contributed by atoms with E-state index in [1.807, 2.05) is 35.0 Å². The average Bonchev–Trinajstić information content (AvgIpc) is 3.27. The summed E-state index contributed by atoms with van der Waals surface area (Å²) in [5.41, 5.74) is 3.59. The van der Waals surface area contributed by atoms with Gasteiger partial charge < -0.3 is 10.1 Å². The Morgan fingerprint density at radius 3 is 2.43 bits per heavy atom. The van der Waals surface area contributed by atoms with Crippen molar-refractivity contribution >= 4 is 21.9 Å². The molecule has 30 heavy (non-hydrogen) atoms. The minimum Gasteiger partial charge on any atom is -0.489 e. The number of hydrogen-bond donors (Lipinski definition) is 1. The highest BCUT2D eigenvalue weighted by molar-refractivity contribution is 9.10. The molecule has 1 aliphatic heterocycles. The third kappa shape index (κ3) is 3.96. The third-order valence-electron chi connectivity index (χ3n) is 5.42. The molecule has 0 saturated heterocycles. The van der Waals surface area contributed by atoms with Gasteiger partial charge in [-0.3, -0.25) is 0 Å².